The van der Waals surface area contributed by atoms with Crippen molar-refractivity contribution < 1.29 is 33.3 Å². The third-order valence-electron chi connectivity index (χ3n) is 5.28. The molecule has 2 amide bonds. The molecular formula is C23H29ClN2O7. The number of esters is 1. The van der Waals surface area contributed by atoms with Crippen molar-refractivity contribution in [1.82, 2.24) is 9.80 Å². The number of halogens is 1. The first-order valence-electron chi connectivity index (χ1n) is 10.6. The van der Waals surface area contributed by atoms with Crippen molar-refractivity contribution >= 4 is 29.8 Å². The second-order valence-corrected chi connectivity index (χ2v) is 9.28. The number of amides is 2. The maximum Gasteiger partial charge on any atom is 0.411 e. The molecular weight excluding hydrogens is 452 g/mol. The Morgan fingerprint density at radius 2 is 1.88 bits per heavy atom. The van der Waals surface area contributed by atoms with E-state index in [1.807, 2.05) is 0 Å². The van der Waals surface area contributed by atoms with Gasteiger partial charge in [0.15, 0.2) is 0 Å². The molecule has 2 aliphatic heterocycles. The lowest BCUT2D eigenvalue weighted by Crippen LogP contribution is -2.44. The first-order valence-corrected chi connectivity index (χ1v) is 11.0. The smallest absolute Gasteiger partial charge is 0.411 e. The lowest BCUT2D eigenvalue weighted by atomic mass is 10.1. The Bertz CT molecular complexity index is 943. The van der Waals surface area contributed by atoms with E-state index in [9.17, 15) is 14.4 Å². The van der Waals surface area contributed by atoms with Crippen LogP contribution in [0.2, 0.25) is 5.02 Å². The van der Waals surface area contributed by atoms with Crippen LogP contribution in [0.3, 0.4) is 0 Å². The minimum Gasteiger partial charge on any atom is -0.489 e. The maximum absolute atomic E-state index is 12.9. The van der Waals surface area contributed by atoms with Crippen LogP contribution >= 0.6 is 11.6 Å². The molecule has 10 heteroatoms. The average Bonchev–Trinajstić information content (AvgIpc) is 3.37. The Hall–Kier alpha value is -2.94. The van der Waals surface area contributed by atoms with Gasteiger partial charge in [0.25, 0.3) is 0 Å². The number of benzene rings is 1. The summed E-state index contributed by atoms with van der Waals surface area (Å²) < 4.78 is 21.6. The average molecular weight is 481 g/mol. The Morgan fingerprint density at radius 1 is 1.18 bits per heavy atom. The first kappa shape index (κ1) is 24.7. The summed E-state index contributed by atoms with van der Waals surface area (Å²) in [7, 11) is 1.24. The highest BCUT2D eigenvalue weighted by Crippen LogP contribution is 2.36. The second-order valence-electron chi connectivity index (χ2n) is 8.87. The fourth-order valence-electron chi connectivity index (χ4n) is 3.82. The van der Waals surface area contributed by atoms with Crippen LogP contribution in [-0.2, 0) is 32.1 Å². The molecule has 180 valence electrons. The number of fused-ring (bicyclic) bond motifs is 1. The normalized spacial score (nSPS) is 19.7. The van der Waals surface area contributed by atoms with Crippen molar-refractivity contribution in [3.8, 4) is 5.75 Å². The molecule has 0 unspecified atom stereocenters. The van der Waals surface area contributed by atoms with Crippen molar-refractivity contribution in [1.29, 1.82) is 0 Å². The molecule has 0 radical (unpaired) electrons. The van der Waals surface area contributed by atoms with E-state index in [2.05, 4.69) is 6.58 Å². The van der Waals surface area contributed by atoms with E-state index in [-0.39, 0.29) is 26.1 Å². The van der Waals surface area contributed by atoms with E-state index in [1.165, 1.54) is 16.9 Å². The van der Waals surface area contributed by atoms with Crippen molar-refractivity contribution in [2.24, 2.45) is 0 Å². The van der Waals surface area contributed by atoms with Gasteiger partial charge in [-0.3, -0.25) is 9.80 Å². The SMILES string of the molecule is C=CCOc1ccc(Cl)c2c1CN(C(=O)O[C@@H]1C[C@@H](C(=O)OC)N(C(=O)OC(C)(C)C)C1)C2. The molecule has 1 aromatic carbocycles. The number of likely N-dealkylation sites (tertiary alicyclic amines) is 1. The number of hydrogen-bond donors (Lipinski definition) is 0. The summed E-state index contributed by atoms with van der Waals surface area (Å²) in [6.45, 7) is 9.72. The van der Waals surface area contributed by atoms with Crippen molar-refractivity contribution in [2.45, 2.75) is 58.0 Å². The van der Waals surface area contributed by atoms with E-state index in [1.54, 1.807) is 39.0 Å². The van der Waals surface area contributed by atoms with E-state index >= 15 is 0 Å². The Balaban J connectivity index is 1.68. The van der Waals surface area contributed by atoms with Crippen LogP contribution in [0.5, 0.6) is 5.75 Å². The minimum absolute atomic E-state index is 0.0235. The van der Waals surface area contributed by atoms with E-state index in [0.717, 1.165) is 11.1 Å². The molecule has 0 spiro atoms. The van der Waals surface area contributed by atoms with Crippen molar-refractivity contribution in [3.05, 3.63) is 40.9 Å². The lowest BCUT2D eigenvalue weighted by Gasteiger charge is -2.27. The number of methoxy groups -OCH3 is 1. The molecule has 33 heavy (non-hydrogen) atoms. The van der Waals surface area contributed by atoms with E-state index in [4.69, 9.17) is 30.5 Å². The molecule has 0 aliphatic carbocycles. The fraction of sp³-hybridized carbons (Fsp3) is 0.522. The van der Waals surface area contributed by atoms with Gasteiger partial charge in [-0.1, -0.05) is 24.3 Å². The lowest BCUT2D eigenvalue weighted by molar-refractivity contribution is -0.145. The molecule has 9 nitrogen and oxygen atoms in total. The zero-order valence-corrected chi connectivity index (χ0v) is 20.0. The van der Waals surface area contributed by atoms with Crippen LogP contribution in [0.25, 0.3) is 0 Å². The number of ether oxygens (including phenoxy) is 4. The molecule has 0 saturated carbocycles. The van der Waals surface area contributed by atoms with Crippen LogP contribution in [0, 0.1) is 0 Å². The van der Waals surface area contributed by atoms with Gasteiger partial charge in [-0.25, -0.2) is 14.4 Å². The zero-order valence-electron chi connectivity index (χ0n) is 19.3. The zero-order chi connectivity index (χ0) is 24.3. The number of rotatable bonds is 5. The van der Waals surface area contributed by atoms with Gasteiger partial charge in [-0.2, -0.15) is 0 Å². The van der Waals surface area contributed by atoms with Crippen LogP contribution in [-0.4, -0.2) is 66.0 Å². The Labute approximate surface area is 198 Å². The van der Waals surface area contributed by atoms with Gasteiger partial charge in [0.05, 0.1) is 26.7 Å². The highest BCUT2D eigenvalue weighted by atomic mass is 35.5. The third kappa shape index (κ3) is 5.71. The molecule has 2 aliphatic rings. The van der Waals surface area contributed by atoms with Gasteiger partial charge in [0.1, 0.15) is 30.1 Å². The number of nitrogens with zero attached hydrogens (tertiary/aromatic N) is 2. The Kier molecular flexibility index (Phi) is 7.41. The monoisotopic (exact) mass is 480 g/mol. The number of carbonyl (C=O) groups excluding carboxylic acids is 3. The molecule has 1 saturated heterocycles. The summed E-state index contributed by atoms with van der Waals surface area (Å²) in [6, 6.07) is 2.59. The standard InChI is InChI=1S/C23H29ClN2O7/c1-6-9-31-19-8-7-17(24)15-12-25(13-16(15)19)21(28)32-14-10-18(20(27)30-5)26(11-14)22(29)33-23(2,3)4/h6-8,14,18H,1,9-13H2,2-5H3/t14-,18+/m1/s1. The highest BCUT2D eigenvalue weighted by molar-refractivity contribution is 6.31. The molecule has 0 bridgehead atoms. The Morgan fingerprint density at radius 3 is 2.52 bits per heavy atom. The van der Waals surface area contributed by atoms with Gasteiger partial charge in [-0.15, -0.1) is 0 Å². The summed E-state index contributed by atoms with van der Waals surface area (Å²) in [5.74, 6) is 0.0381. The van der Waals surface area contributed by atoms with Crippen LogP contribution < -0.4 is 4.74 Å². The van der Waals surface area contributed by atoms with Gasteiger partial charge in [0, 0.05) is 17.0 Å². The molecule has 2 heterocycles. The molecule has 0 aromatic heterocycles. The molecule has 3 rings (SSSR count). The number of carbonyl (C=O) groups is 3. The summed E-state index contributed by atoms with van der Waals surface area (Å²) in [5.41, 5.74) is 0.873. The highest BCUT2D eigenvalue weighted by Gasteiger charge is 2.44. The van der Waals surface area contributed by atoms with Crippen LogP contribution in [0.1, 0.15) is 38.3 Å². The van der Waals surface area contributed by atoms with Gasteiger partial charge >= 0.3 is 18.2 Å². The summed E-state index contributed by atoms with van der Waals surface area (Å²) >= 11 is 6.33. The van der Waals surface area contributed by atoms with Crippen LogP contribution in [0.4, 0.5) is 9.59 Å². The minimum atomic E-state index is -0.897. The molecule has 0 N–H and O–H groups in total. The largest absolute Gasteiger partial charge is 0.489 e. The predicted octanol–water partition coefficient (Wildman–Crippen LogP) is 3.91. The molecule has 1 aromatic rings. The van der Waals surface area contributed by atoms with Gasteiger partial charge < -0.3 is 18.9 Å². The maximum atomic E-state index is 12.9. The number of hydrogen-bond acceptors (Lipinski definition) is 7. The second kappa shape index (κ2) is 9.91. The third-order valence-corrected chi connectivity index (χ3v) is 5.63. The molecule has 1 fully saturated rings. The van der Waals surface area contributed by atoms with Gasteiger partial charge in [-0.05, 0) is 38.5 Å². The van der Waals surface area contributed by atoms with E-state index in [0.29, 0.717) is 17.4 Å². The summed E-state index contributed by atoms with van der Waals surface area (Å²) in [4.78, 5) is 40.5. The summed E-state index contributed by atoms with van der Waals surface area (Å²) in [5, 5.41) is 0.536. The topological polar surface area (TPSA) is 94.6 Å². The first-order chi connectivity index (χ1) is 15.5. The fourth-order valence-corrected chi connectivity index (χ4v) is 4.06. The van der Waals surface area contributed by atoms with Gasteiger partial charge in [0.2, 0.25) is 0 Å². The molecule has 2 atom stereocenters. The van der Waals surface area contributed by atoms with Crippen molar-refractivity contribution in [2.75, 3.05) is 20.3 Å². The van der Waals surface area contributed by atoms with E-state index < -0.39 is 35.9 Å². The van der Waals surface area contributed by atoms with Crippen molar-refractivity contribution in [3.63, 3.8) is 0 Å². The van der Waals surface area contributed by atoms with Crippen LogP contribution in [0.15, 0.2) is 24.8 Å². The quantitative estimate of drug-likeness (QED) is 0.358. The predicted molar refractivity (Wildman–Crippen MR) is 120 cm³/mol. The summed E-state index contributed by atoms with van der Waals surface area (Å²) in [6.07, 6.45) is -0.175.